The maximum absolute atomic E-state index is 10.5. The molecule has 1 N–H and O–H groups in total. The molecule has 32 heavy (non-hydrogen) atoms. The van der Waals surface area contributed by atoms with Gasteiger partial charge in [0.25, 0.3) is 0 Å². The molecule has 180 valence electrons. The second kappa shape index (κ2) is 8.75. The lowest BCUT2D eigenvalue weighted by atomic mass is 9.46. The first-order chi connectivity index (χ1) is 15.0. The molecule has 0 aromatic heterocycles. The van der Waals surface area contributed by atoms with Gasteiger partial charge in [-0.15, -0.1) is 0 Å². The third kappa shape index (κ3) is 3.79. The van der Waals surface area contributed by atoms with Crippen molar-refractivity contribution in [2.45, 2.75) is 99.5 Å². The van der Waals surface area contributed by atoms with E-state index in [1.54, 1.807) is 0 Å². The Bertz CT molecular complexity index is 773. The van der Waals surface area contributed by atoms with Crippen molar-refractivity contribution in [3.05, 3.63) is 36.0 Å². The van der Waals surface area contributed by atoms with Crippen LogP contribution in [0.4, 0.5) is 0 Å². The summed E-state index contributed by atoms with van der Waals surface area (Å²) in [6.45, 7) is 21.1. The second-order valence-corrected chi connectivity index (χ2v) is 13.2. The summed E-state index contributed by atoms with van der Waals surface area (Å²) in [5, 5.41) is 10.5. The quantitative estimate of drug-likeness (QED) is 0.429. The van der Waals surface area contributed by atoms with Crippen molar-refractivity contribution in [3.63, 3.8) is 0 Å². The summed E-state index contributed by atoms with van der Waals surface area (Å²) >= 11 is 0. The van der Waals surface area contributed by atoms with E-state index in [2.05, 4.69) is 73.3 Å². The molecule has 0 heterocycles. The highest BCUT2D eigenvalue weighted by molar-refractivity contribution is 5.28. The van der Waals surface area contributed by atoms with Gasteiger partial charge in [-0.2, -0.15) is 0 Å². The van der Waals surface area contributed by atoms with E-state index in [1.807, 2.05) is 5.57 Å². The summed E-state index contributed by atoms with van der Waals surface area (Å²) in [6.07, 6.45) is 16.5. The number of rotatable bonds is 5. The van der Waals surface area contributed by atoms with Crippen molar-refractivity contribution in [2.75, 3.05) is 0 Å². The van der Waals surface area contributed by atoms with E-state index in [4.69, 9.17) is 0 Å². The Morgan fingerprint density at radius 2 is 1.69 bits per heavy atom. The lowest BCUT2D eigenvalue weighted by Gasteiger charge is -2.59. The van der Waals surface area contributed by atoms with Gasteiger partial charge in [-0.05, 0) is 110 Å². The number of hydrogen-bond donors (Lipinski definition) is 1. The van der Waals surface area contributed by atoms with E-state index in [-0.39, 0.29) is 6.10 Å². The van der Waals surface area contributed by atoms with Gasteiger partial charge in [-0.3, -0.25) is 0 Å². The van der Waals surface area contributed by atoms with Gasteiger partial charge in [-0.25, -0.2) is 0 Å². The molecule has 4 aliphatic rings. The topological polar surface area (TPSA) is 20.2 Å². The minimum absolute atomic E-state index is 0.0887. The first kappa shape index (κ1) is 24.3. The molecular weight excluding hydrogens is 388 g/mol. The molecule has 0 aliphatic heterocycles. The molecular formula is C31H50O. The summed E-state index contributed by atoms with van der Waals surface area (Å²) in [7, 11) is 0. The molecule has 4 rings (SSSR count). The van der Waals surface area contributed by atoms with Crippen LogP contribution in [-0.4, -0.2) is 11.2 Å². The number of aliphatic hydroxyl groups is 1. The van der Waals surface area contributed by atoms with Crippen LogP contribution >= 0.6 is 0 Å². The summed E-state index contributed by atoms with van der Waals surface area (Å²) in [4.78, 5) is 0. The fourth-order valence-corrected chi connectivity index (χ4v) is 9.23. The number of hydrogen-bond acceptors (Lipinski definition) is 1. The molecule has 0 aromatic carbocycles. The van der Waals surface area contributed by atoms with Crippen molar-refractivity contribution < 1.29 is 5.11 Å². The van der Waals surface area contributed by atoms with Crippen LogP contribution in [0.1, 0.15) is 93.4 Å². The summed E-state index contributed by atoms with van der Waals surface area (Å²) < 4.78 is 0. The van der Waals surface area contributed by atoms with Crippen LogP contribution in [0.15, 0.2) is 36.0 Å². The predicted octanol–water partition coefficient (Wildman–Crippen LogP) is 8.21. The average molecular weight is 439 g/mol. The molecule has 0 bridgehead atoms. The lowest BCUT2D eigenvalue weighted by molar-refractivity contribution is -0.0767. The molecule has 4 aliphatic carbocycles. The van der Waals surface area contributed by atoms with Crippen LogP contribution in [0.2, 0.25) is 0 Å². The van der Waals surface area contributed by atoms with Gasteiger partial charge >= 0.3 is 0 Å². The van der Waals surface area contributed by atoms with Crippen molar-refractivity contribution in [2.24, 2.45) is 58.2 Å². The Hall–Kier alpha value is -0.820. The monoisotopic (exact) mass is 438 g/mol. The summed E-state index contributed by atoms with van der Waals surface area (Å²) in [6, 6.07) is 0. The fourth-order valence-electron chi connectivity index (χ4n) is 9.23. The molecule has 0 unspecified atom stereocenters. The smallest absolute Gasteiger partial charge is 0.0568 e. The molecule has 10 atom stereocenters. The predicted molar refractivity (Wildman–Crippen MR) is 137 cm³/mol. The molecule has 0 amide bonds. The van der Waals surface area contributed by atoms with Gasteiger partial charge in [0.15, 0.2) is 0 Å². The van der Waals surface area contributed by atoms with Gasteiger partial charge in [0.1, 0.15) is 0 Å². The zero-order chi connectivity index (χ0) is 23.4. The SMILES string of the molecule is C=C(C)[C@H](/C=C/[C@@H](C)[C@H]1CC[C@H]2C3=CC[C@H]4[C@H](C)[C@@H](O)CC[C@]4(C)[C@@H]3CC[C@]12C)C(C)C. The Balaban J connectivity index is 1.55. The summed E-state index contributed by atoms with van der Waals surface area (Å²) in [5.74, 6) is 5.20. The van der Waals surface area contributed by atoms with Crippen molar-refractivity contribution in [1.82, 2.24) is 0 Å². The lowest BCUT2D eigenvalue weighted by Crippen LogP contribution is -2.52. The molecule has 3 fully saturated rings. The highest BCUT2D eigenvalue weighted by Crippen LogP contribution is 2.67. The van der Waals surface area contributed by atoms with Gasteiger partial charge in [0.05, 0.1) is 6.10 Å². The Morgan fingerprint density at radius 3 is 2.34 bits per heavy atom. The molecule has 0 spiro atoms. The third-order valence-electron chi connectivity index (χ3n) is 11.2. The number of allylic oxidation sites excluding steroid dienone is 5. The average Bonchev–Trinajstić information content (AvgIpc) is 3.08. The van der Waals surface area contributed by atoms with E-state index < -0.39 is 0 Å². The molecule has 3 saturated carbocycles. The van der Waals surface area contributed by atoms with E-state index in [0.29, 0.717) is 40.4 Å². The van der Waals surface area contributed by atoms with Crippen LogP contribution in [0, 0.1) is 58.2 Å². The van der Waals surface area contributed by atoms with Crippen LogP contribution < -0.4 is 0 Å². The van der Waals surface area contributed by atoms with E-state index >= 15 is 0 Å². The van der Waals surface area contributed by atoms with Crippen LogP contribution in [0.3, 0.4) is 0 Å². The first-order valence-electron chi connectivity index (χ1n) is 13.7. The van der Waals surface area contributed by atoms with Crippen LogP contribution in [-0.2, 0) is 0 Å². The number of aliphatic hydroxyl groups excluding tert-OH is 1. The van der Waals surface area contributed by atoms with E-state index in [9.17, 15) is 5.11 Å². The van der Waals surface area contributed by atoms with Gasteiger partial charge in [-0.1, -0.05) is 77.5 Å². The first-order valence-corrected chi connectivity index (χ1v) is 13.7. The summed E-state index contributed by atoms with van der Waals surface area (Å²) in [5.41, 5.74) is 3.98. The molecule has 0 saturated heterocycles. The van der Waals surface area contributed by atoms with Gasteiger partial charge < -0.3 is 5.11 Å². The van der Waals surface area contributed by atoms with Crippen molar-refractivity contribution in [3.8, 4) is 0 Å². The Morgan fingerprint density at radius 1 is 1.03 bits per heavy atom. The number of fused-ring (bicyclic) bond motifs is 5. The molecule has 1 nitrogen and oxygen atoms in total. The van der Waals surface area contributed by atoms with Crippen molar-refractivity contribution in [1.29, 1.82) is 0 Å². The van der Waals surface area contributed by atoms with Gasteiger partial charge in [0, 0.05) is 0 Å². The standard InChI is InChI=1S/C31H50O/c1-19(2)23(20(3)4)10-9-21(5)25-13-14-27-24-11-12-26-22(6)29(32)16-18-31(26,8)28(24)15-17-30(25,27)7/h9-11,20-23,25-29,32H,1,12-18H2,2-8H3/b10-9+/t21-,22+,23+,25-,26+,27+,28-,29+,30-,31+/m1/s1. The third-order valence-corrected chi connectivity index (χ3v) is 11.2. The van der Waals surface area contributed by atoms with E-state index in [1.165, 1.54) is 44.1 Å². The van der Waals surface area contributed by atoms with Gasteiger partial charge in [0.2, 0.25) is 0 Å². The fraction of sp³-hybridized carbons (Fsp3) is 0.806. The minimum Gasteiger partial charge on any atom is -0.393 e. The molecule has 1 heteroatoms. The van der Waals surface area contributed by atoms with Crippen molar-refractivity contribution >= 4 is 0 Å². The second-order valence-electron chi connectivity index (χ2n) is 13.2. The highest BCUT2D eigenvalue weighted by atomic mass is 16.3. The Labute approximate surface area is 198 Å². The van der Waals surface area contributed by atoms with E-state index in [0.717, 1.165) is 24.2 Å². The molecule has 0 radical (unpaired) electrons. The largest absolute Gasteiger partial charge is 0.393 e. The maximum atomic E-state index is 10.5. The normalized spacial score (nSPS) is 45.7. The zero-order valence-electron chi connectivity index (χ0n) is 22.0. The maximum Gasteiger partial charge on any atom is 0.0568 e. The Kier molecular flexibility index (Phi) is 6.65. The highest BCUT2D eigenvalue weighted by Gasteiger charge is 2.59. The van der Waals surface area contributed by atoms with Crippen LogP contribution in [0.25, 0.3) is 0 Å². The molecule has 0 aromatic rings. The zero-order valence-corrected chi connectivity index (χ0v) is 22.0. The van der Waals surface area contributed by atoms with Crippen LogP contribution in [0.5, 0.6) is 0 Å². The minimum atomic E-state index is -0.0887.